The van der Waals surface area contributed by atoms with Crippen molar-refractivity contribution in [2.24, 2.45) is 5.73 Å². The van der Waals surface area contributed by atoms with E-state index in [1.165, 1.54) is 6.42 Å². The summed E-state index contributed by atoms with van der Waals surface area (Å²) >= 11 is 0. The predicted molar refractivity (Wildman–Crippen MR) is 68.5 cm³/mol. The minimum atomic E-state index is 0.563. The second-order valence-corrected chi connectivity index (χ2v) is 3.75. The standard InChI is InChI=1S/C14H21NO/c1-2-3-4-5-6-10-16-14-9-7-8-13(11-14)12-15/h4-5,7-9,11H,2-3,6,10,12,15H2,1H3. The number of hydrogen-bond donors (Lipinski definition) is 1. The van der Waals surface area contributed by atoms with E-state index in [9.17, 15) is 0 Å². The molecule has 0 heterocycles. The molecule has 0 aliphatic carbocycles. The zero-order valence-corrected chi connectivity index (χ0v) is 9.99. The number of allylic oxidation sites excluding steroid dienone is 1. The number of unbranched alkanes of at least 4 members (excludes halogenated alkanes) is 1. The van der Waals surface area contributed by atoms with Crippen LogP contribution in [-0.2, 0) is 6.54 Å². The van der Waals surface area contributed by atoms with Crippen molar-refractivity contribution in [1.29, 1.82) is 0 Å². The second kappa shape index (κ2) is 7.94. The Kier molecular flexibility index (Phi) is 6.35. The maximum Gasteiger partial charge on any atom is 0.119 e. The van der Waals surface area contributed by atoms with Crippen LogP contribution < -0.4 is 10.5 Å². The molecule has 0 aliphatic heterocycles. The van der Waals surface area contributed by atoms with Crippen LogP contribution in [0.15, 0.2) is 36.4 Å². The smallest absolute Gasteiger partial charge is 0.119 e. The number of ether oxygens (including phenoxy) is 1. The molecule has 0 spiro atoms. The van der Waals surface area contributed by atoms with E-state index in [2.05, 4.69) is 19.1 Å². The van der Waals surface area contributed by atoms with Gasteiger partial charge in [0.1, 0.15) is 5.75 Å². The molecule has 0 atom stereocenters. The molecule has 2 nitrogen and oxygen atoms in total. The number of nitrogens with two attached hydrogens (primary N) is 1. The first kappa shape index (κ1) is 12.8. The second-order valence-electron chi connectivity index (χ2n) is 3.75. The quantitative estimate of drug-likeness (QED) is 0.564. The summed E-state index contributed by atoms with van der Waals surface area (Å²) in [6.45, 7) is 3.47. The SMILES string of the molecule is CCCC=CCCOc1cccc(CN)c1. The highest BCUT2D eigenvalue weighted by Gasteiger charge is 1.94. The molecular formula is C14H21NO. The molecule has 2 heteroatoms. The van der Waals surface area contributed by atoms with Crippen molar-refractivity contribution >= 4 is 0 Å². The van der Waals surface area contributed by atoms with E-state index < -0.39 is 0 Å². The van der Waals surface area contributed by atoms with Crippen molar-refractivity contribution in [2.45, 2.75) is 32.7 Å². The Labute approximate surface area is 98.1 Å². The van der Waals surface area contributed by atoms with Crippen LogP contribution in [0.3, 0.4) is 0 Å². The molecule has 2 N–H and O–H groups in total. The topological polar surface area (TPSA) is 35.2 Å². The first-order valence-electron chi connectivity index (χ1n) is 5.93. The lowest BCUT2D eigenvalue weighted by atomic mass is 10.2. The van der Waals surface area contributed by atoms with Gasteiger partial charge in [0.15, 0.2) is 0 Å². The summed E-state index contributed by atoms with van der Waals surface area (Å²) < 4.78 is 5.62. The van der Waals surface area contributed by atoms with Crippen molar-refractivity contribution in [3.8, 4) is 5.75 Å². The summed E-state index contributed by atoms with van der Waals surface area (Å²) in [7, 11) is 0. The van der Waals surface area contributed by atoms with E-state index >= 15 is 0 Å². The number of hydrogen-bond acceptors (Lipinski definition) is 2. The maximum absolute atomic E-state index is 5.62. The van der Waals surface area contributed by atoms with Crippen molar-refractivity contribution in [3.63, 3.8) is 0 Å². The molecular weight excluding hydrogens is 198 g/mol. The Morgan fingerprint density at radius 2 is 2.06 bits per heavy atom. The Hall–Kier alpha value is -1.28. The number of benzene rings is 1. The molecule has 0 amide bonds. The normalized spacial score (nSPS) is 10.9. The summed E-state index contributed by atoms with van der Waals surface area (Å²) in [5, 5.41) is 0. The Morgan fingerprint density at radius 3 is 2.81 bits per heavy atom. The fraction of sp³-hybridized carbons (Fsp3) is 0.429. The van der Waals surface area contributed by atoms with Gasteiger partial charge in [-0.1, -0.05) is 37.6 Å². The fourth-order valence-electron chi connectivity index (χ4n) is 1.41. The van der Waals surface area contributed by atoms with Crippen LogP contribution in [0.5, 0.6) is 5.75 Å². The highest BCUT2D eigenvalue weighted by molar-refractivity contribution is 5.28. The molecule has 0 fully saturated rings. The van der Waals surface area contributed by atoms with Crippen molar-refractivity contribution in [2.75, 3.05) is 6.61 Å². The van der Waals surface area contributed by atoms with E-state index in [0.29, 0.717) is 6.54 Å². The molecule has 0 saturated heterocycles. The van der Waals surface area contributed by atoms with Crippen molar-refractivity contribution in [1.82, 2.24) is 0 Å². The lowest BCUT2D eigenvalue weighted by molar-refractivity contribution is 0.324. The molecule has 0 saturated carbocycles. The summed E-state index contributed by atoms with van der Waals surface area (Å²) in [5.74, 6) is 0.909. The van der Waals surface area contributed by atoms with Gasteiger partial charge in [-0.2, -0.15) is 0 Å². The van der Waals surface area contributed by atoms with E-state index in [-0.39, 0.29) is 0 Å². The maximum atomic E-state index is 5.62. The first-order valence-corrected chi connectivity index (χ1v) is 5.93. The molecule has 0 aromatic heterocycles. The van der Waals surface area contributed by atoms with Crippen LogP contribution in [0, 0.1) is 0 Å². The van der Waals surface area contributed by atoms with E-state index in [0.717, 1.165) is 30.8 Å². The summed E-state index contributed by atoms with van der Waals surface area (Å²) in [6, 6.07) is 7.95. The zero-order valence-electron chi connectivity index (χ0n) is 9.99. The largest absolute Gasteiger partial charge is 0.493 e. The minimum absolute atomic E-state index is 0.563. The summed E-state index contributed by atoms with van der Waals surface area (Å²) in [4.78, 5) is 0. The van der Waals surface area contributed by atoms with Crippen LogP contribution in [-0.4, -0.2) is 6.61 Å². The van der Waals surface area contributed by atoms with Gasteiger partial charge in [0, 0.05) is 6.54 Å². The Morgan fingerprint density at radius 1 is 1.25 bits per heavy atom. The summed E-state index contributed by atoms with van der Waals surface area (Å²) in [6.07, 6.45) is 7.71. The van der Waals surface area contributed by atoms with Crippen LogP contribution in [0.25, 0.3) is 0 Å². The van der Waals surface area contributed by atoms with Crippen molar-refractivity contribution in [3.05, 3.63) is 42.0 Å². The molecule has 0 radical (unpaired) electrons. The highest BCUT2D eigenvalue weighted by Crippen LogP contribution is 2.13. The molecule has 16 heavy (non-hydrogen) atoms. The number of rotatable bonds is 7. The third-order valence-corrected chi connectivity index (χ3v) is 2.31. The molecule has 88 valence electrons. The van der Waals surface area contributed by atoms with Gasteiger partial charge in [-0.05, 0) is 30.5 Å². The van der Waals surface area contributed by atoms with Crippen LogP contribution in [0.2, 0.25) is 0 Å². The average Bonchev–Trinajstić information content (AvgIpc) is 2.34. The average molecular weight is 219 g/mol. The first-order chi connectivity index (χ1) is 7.86. The zero-order chi connectivity index (χ0) is 11.6. The van der Waals surface area contributed by atoms with Gasteiger partial charge < -0.3 is 10.5 Å². The van der Waals surface area contributed by atoms with E-state index in [4.69, 9.17) is 10.5 Å². The highest BCUT2D eigenvalue weighted by atomic mass is 16.5. The van der Waals surface area contributed by atoms with Crippen LogP contribution >= 0.6 is 0 Å². The molecule has 1 rings (SSSR count). The predicted octanol–water partition coefficient (Wildman–Crippen LogP) is 3.27. The monoisotopic (exact) mass is 219 g/mol. The van der Waals surface area contributed by atoms with Gasteiger partial charge in [-0.25, -0.2) is 0 Å². The van der Waals surface area contributed by atoms with Gasteiger partial charge >= 0.3 is 0 Å². The van der Waals surface area contributed by atoms with Crippen LogP contribution in [0.1, 0.15) is 31.7 Å². The Balaban J connectivity index is 2.26. The third-order valence-electron chi connectivity index (χ3n) is 2.31. The van der Waals surface area contributed by atoms with Gasteiger partial charge in [0.05, 0.1) is 6.61 Å². The lowest BCUT2D eigenvalue weighted by Gasteiger charge is -2.05. The molecule has 1 aromatic carbocycles. The molecule has 0 bridgehead atoms. The molecule has 0 unspecified atom stereocenters. The lowest BCUT2D eigenvalue weighted by Crippen LogP contribution is -1.99. The molecule has 0 aliphatic rings. The fourth-order valence-corrected chi connectivity index (χ4v) is 1.41. The van der Waals surface area contributed by atoms with Crippen molar-refractivity contribution < 1.29 is 4.74 Å². The van der Waals surface area contributed by atoms with E-state index in [1.54, 1.807) is 0 Å². The summed E-state index contributed by atoms with van der Waals surface area (Å²) in [5.41, 5.74) is 6.67. The van der Waals surface area contributed by atoms with E-state index in [1.807, 2.05) is 24.3 Å². The van der Waals surface area contributed by atoms with Gasteiger partial charge in [-0.15, -0.1) is 0 Å². The van der Waals surface area contributed by atoms with Gasteiger partial charge in [-0.3, -0.25) is 0 Å². The molecule has 1 aromatic rings. The Bertz CT molecular complexity index is 320. The minimum Gasteiger partial charge on any atom is -0.493 e. The van der Waals surface area contributed by atoms with Gasteiger partial charge in [0.25, 0.3) is 0 Å². The van der Waals surface area contributed by atoms with Crippen LogP contribution in [0.4, 0.5) is 0 Å². The van der Waals surface area contributed by atoms with Gasteiger partial charge in [0.2, 0.25) is 0 Å². The third kappa shape index (κ3) is 4.99.